The number of nitrogens with zero attached hydrogens (tertiary/aromatic N) is 2. The van der Waals surface area contributed by atoms with Crippen LogP contribution in [0.2, 0.25) is 0 Å². The Bertz CT molecular complexity index is 1000. The summed E-state index contributed by atoms with van der Waals surface area (Å²) in [4.78, 5) is 24.2. The van der Waals surface area contributed by atoms with Crippen molar-refractivity contribution >= 4 is 17.4 Å². The quantitative estimate of drug-likeness (QED) is 0.684. The maximum absolute atomic E-state index is 12.1. The van der Waals surface area contributed by atoms with E-state index in [2.05, 4.69) is 11.4 Å². The molecule has 1 amide bonds. The van der Waals surface area contributed by atoms with Crippen molar-refractivity contribution in [1.82, 2.24) is 9.72 Å². The number of benzene rings is 1. The number of nitrogens with one attached hydrogen (secondary N) is 1. The number of esters is 1. The maximum atomic E-state index is 12.1. The maximum Gasteiger partial charge on any atom is 0.308 e. The molecular weight excluding hydrogens is 342 g/mol. The highest BCUT2D eigenvalue weighted by Gasteiger charge is 2.16. The lowest BCUT2D eigenvalue weighted by atomic mass is 10.1. The molecule has 3 rings (SSSR count). The number of pyridine rings is 1. The summed E-state index contributed by atoms with van der Waals surface area (Å²) in [5, 5.41) is 12.1. The van der Waals surface area contributed by atoms with Gasteiger partial charge >= 0.3 is 5.97 Å². The van der Waals surface area contributed by atoms with Gasteiger partial charge in [0.2, 0.25) is 0 Å². The van der Waals surface area contributed by atoms with Crippen LogP contribution in [0.5, 0.6) is 0 Å². The summed E-state index contributed by atoms with van der Waals surface area (Å²) >= 11 is 0. The first-order valence-corrected chi connectivity index (χ1v) is 8.58. The Labute approximate surface area is 157 Å². The van der Waals surface area contributed by atoms with Crippen LogP contribution in [0.4, 0.5) is 0 Å². The van der Waals surface area contributed by atoms with E-state index in [1.807, 2.05) is 34.9 Å². The number of aromatic nitrogens is 1. The molecule has 0 aliphatic carbocycles. The van der Waals surface area contributed by atoms with E-state index in [9.17, 15) is 14.9 Å². The fraction of sp³-hybridized carbons (Fsp3) is 0.190. The zero-order valence-corrected chi connectivity index (χ0v) is 14.9. The summed E-state index contributed by atoms with van der Waals surface area (Å²) in [5.41, 5.74) is 2.46. The van der Waals surface area contributed by atoms with E-state index < -0.39 is 5.97 Å². The van der Waals surface area contributed by atoms with Crippen LogP contribution in [-0.4, -0.2) is 22.3 Å². The normalized spacial score (nSPS) is 11.6. The second kappa shape index (κ2) is 8.19. The molecule has 6 nitrogen and oxygen atoms in total. The van der Waals surface area contributed by atoms with Crippen LogP contribution in [0.15, 0.2) is 60.9 Å². The molecule has 2 heterocycles. The fourth-order valence-electron chi connectivity index (χ4n) is 2.83. The van der Waals surface area contributed by atoms with Gasteiger partial charge < -0.3 is 14.5 Å². The van der Waals surface area contributed by atoms with Gasteiger partial charge in [-0.25, -0.2) is 0 Å². The topological polar surface area (TPSA) is 83.6 Å². The van der Waals surface area contributed by atoms with Crippen LogP contribution >= 0.6 is 0 Å². The second-order valence-electron chi connectivity index (χ2n) is 6.24. The van der Waals surface area contributed by atoms with Gasteiger partial charge in [-0.3, -0.25) is 9.59 Å². The number of hydrogen-bond acceptors (Lipinski definition) is 4. The zero-order chi connectivity index (χ0) is 19.2. The molecule has 1 N–H and O–H groups in total. The number of carbonyl (C=O) groups excluding carboxylic acids is 2. The first-order valence-electron chi connectivity index (χ1n) is 8.58. The molecule has 0 fully saturated rings. The van der Waals surface area contributed by atoms with E-state index in [-0.39, 0.29) is 25.0 Å². The SMILES string of the molecule is C[C@H](CC(=O)OCc1cn2ccccc2c1C#N)NC(=O)c1ccccc1. The second-order valence-corrected chi connectivity index (χ2v) is 6.24. The molecule has 0 saturated carbocycles. The Hall–Kier alpha value is -3.59. The highest BCUT2D eigenvalue weighted by Crippen LogP contribution is 2.18. The summed E-state index contributed by atoms with van der Waals surface area (Å²) in [6.45, 7) is 1.76. The first-order chi connectivity index (χ1) is 13.1. The molecule has 1 atom stereocenters. The fourth-order valence-corrected chi connectivity index (χ4v) is 2.83. The third-order valence-electron chi connectivity index (χ3n) is 4.15. The van der Waals surface area contributed by atoms with Crippen LogP contribution in [0.25, 0.3) is 5.52 Å². The molecular formula is C21H19N3O3. The largest absolute Gasteiger partial charge is 0.461 e. The van der Waals surface area contributed by atoms with Gasteiger partial charge in [0.25, 0.3) is 5.91 Å². The predicted octanol–water partition coefficient (Wildman–Crippen LogP) is 3.06. The molecule has 27 heavy (non-hydrogen) atoms. The number of nitriles is 1. The molecule has 0 aliphatic rings. The summed E-state index contributed by atoms with van der Waals surface area (Å²) < 4.78 is 7.13. The van der Waals surface area contributed by atoms with Gasteiger partial charge in [0, 0.05) is 29.6 Å². The van der Waals surface area contributed by atoms with Crippen molar-refractivity contribution in [3.05, 3.63) is 77.6 Å². The number of rotatable bonds is 6. The van der Waals surface area contributed by atoms with Gasteiger partial charge in [0.15, 0.2) is 0 Å². The minimum absolute atomic E-state index is 0.0166. The van der Waals surface area contributed by atoms with Gasteiger partial charge in [-0.2, -0.15) is 5.26 Å². The van der Waals surface area contributed by atoms with E-state index >= 15 is 0 Å². The van der Waals surface area contributed by atoms with Gasteiger partial charge in [0.1, 0.15) is 12.7 Å². The Balaban J connectivity index is 1.55. The number of ether oxygens (including phenoxy) is 1. The molecule has 0 aliphatic heterocycles. The molecule has 3 aromatic rings. The zero-order valence-electron chi connectivity index (χ0n) is 14.9. The van der Waals surface area contributed by atoms with Crippen molar-refractivity contribution in [1.29, 1.82) is 5.26 Å². The van der Waals surface area contributed by atoms with Crippen LogP contribution in [0, 0.1) is 11.3 Å². The monoisotopic (exact) mass is 361 g/mol. The average molecular weight is 361 g/mol. The Morgan fingerprint density at radius 2 is 1.93 bits per heavy atom. The average Bonchev–Trinajstić information content (AvgIpc) is 3.04. The highest BCUT2D eigenvalue weighted by atomic mass is 16.5. The minimum Gasteiger partial charge on any atom is -0.461 e. The van der Waals surface area contributed by atoms with Gasteiger partial charge in [0.05, 0.1) is 17.5 Å². The van der Waals surface area contributed by atoms with Gasteiger partial charge in [-0.1, -0.05) is 24.3 Å². The lowest BCUT2D eigenvalue weighted by Crippen LogP contribution is -2.34. The third kappa shape index (κ3) is 4.33. The molecule has 6 heteroatoms. The van der Waals surface area contributed by atoms with E-state index in [4.69, 9.17) is 4.74 Å². The standard InChI is InChI=1S/C21H19N3O3/c1-15(23-21(26)16-7-3-2-4-8-16)11-20(25)27-14-17-13-24-10-6-5-9-19(24)18(17)12-22/h2-10,13,15H,11,14H2,1H3,(H,23,26)/t15-/m1/s1. The van der Waals surface area contributed by atoms with Crippen molar-refractivity contribution in [2.45, 2.75) is 26.0 Å². The van der Waals surface area contributed by atoms with E-state index in [0.29, 0.717) is 16.7 Å². The van der Waals surface area contributed by atoms with Crippen LogP contribution in [0.3, 0.4) is 0 Å². The van der Waals surface area contributed by atoms with E-state index in [1.54, 1.807) is 37.4 Å². The predicted molar refractivity (Wildman–Crippen MR) is 99.9 cm³/mol. The minimum atomic E-state index is -0.435. The van der Waals surface area contributed by atoms with Crippen molar-refractivity contribution < 1.29 is 14.3 Å². The first kappa shape index (κ1) is 18.2. The smallest absolute Gasteiger partial charge is 0.308 e. The molecule has 0 radical (unpaired) electrons. The highest BCUT2D eigenvalue weighted by molar-refractivity contribution is 5.94. The number of fused-ring (bicyclic) bond motifs is 1. The summed E-state index contributed by atoms with van der Waals surface area (Å²) in [6.07, 6.45) is 3.66. The van der Waals surface area contributed by atoms with Crippen LogP contribution in [-0.2, 0) is 16.1 Å². The van der Waals surface area contributed by atoms with Crippen molar-refractivity contribution in [2.24, 2.45) is 0 Å². The Morgan fingerprint density at radius 1 is 1.19 bits per heavy atom. The third-order valence-corrected chi connectivity index (χ3v) is 4.15. The molecule has 1 aromatic carbocycles. The lowest BCUT2D eigenvalue weighted by molar-refractivity contribution is -0.145. The summed E-state index contributed by atoms with van der Waals surface area (Å²) in [7, 11) is 0. The Kier molecular flexibility index (Phi) is 5.53. The lowest BCUT2D eigenvalue weighted by Gasteiger charge is -2.13. The summed E-state index contributed by atoms with van der Waals surface area (Å²) in [5.74, 6) is -0.670. The van der Waals surface area contributed by atoms with Crippen LogP contribution in [0.1, 0.15) is 34.8 Å². The van der Waals surface area contributed by atoms with E-state index in [1.165, 1.54) is 0 Å². The molecule has 0 unspecified atom stereocenters. The van der Waals surface area contributed by atoms with Crippen molar-refractivity contribution in [2.75, 3.05) is 0 Å². The number of amides is 1. The number of hydrogen-bond donors (Lipinski definition) is 1. The molecule has 0 spiro atoms. The van der Waals surface area contributed by atoms with E-state index in [0.717, 1.165) is 5.52 Å². The van der Waals surface area contributed by atoms with Crippen LogP contribution < -0.4 is 5.32 Å². The summed E-state index contributed by atoms with van der Waals surface area (Å²) in [6, 6.07) is 16.2. The Morgan fingerprint density at radius 3 is 2.67 bits per heavy atom. The molecule has 0 bridgehead atoms. The molecule has 136 valence electrons. The van der Waals surface area contributed by atoms with Gasteiger partial charge in [-0.15, -0.1) is 0 Å². The molecule has 2 aromatic heterocycles. The van der Waals surface area contributed by atoms with Crippen molar-refractivity contribution in [3.63, 3.8) is 0 Å². The van der Waals surface area contributed by atoms with Gasteiger partial charge in [-0.05, 0) is 31.2 Å². The molecule has 0 saturated heterocycles. The van der Waals surface area contributed by atoms with Crippen molar-refractivity contribution in [3.8, 4) is 6.07 Å². The number of carbonyl (C=O) groups is 2.